The number of rotatable bonds is 4. The Morgan fingerprint density at radius 2 is 1.71 bits per heavy atom. The van der Waals surface area contributed by atoms with Crippen LogP contribution in [0.3, 0.4) is 0 Å². The summed E-state index contributed by atoms with van der Waals surface area (Å²) in [5.41, 5.74) is 3.87. The van der Waals surface area contributed by atoms with Crippen LogP contribution in [0.15, 0.2) is 29.1 Å². The van der Waals surface area contributed by atoms with Crippen LogP contribution in [0.2, 0.25) is 0 Å². The van der Waals surface area contributed by atoms with Gasteiger partial charge < -0.3 is 19.9 Å². The second-order valence-electron chi connectivity index (χ2n) is 6.18. The monoisotopic (exact) mass is 329 g/mol. The average molecular weight is 329 g/mol. The Labute approximate surface area is 141 Å². The van der Waals surface area contributed by atoms with Gasteiger partial charge in [-0.2, -0.15) is 0 Å². The molecule has 2 aromatic rings. The maximum atomic E-state index is 12.4. The molecule has 0 bridgehead atoms. The summed E-state index contributed by atoms with van der Waals surface area (Å²) in [6, 6.07) is 6.56. The molecule has 0 fully saturated rings. The van der Waals surface area contributed by atoms with Gasteiger partial charge in [0.1, 0.15) is 12.3 Å². The van der Waals surface area contributed by atoms with E-state index in [1.807, 2.05) is 45.0 Å². The zero-order valence-corrected chi connectivity index (χ0v) is 14.7. The number of hydrogen-bond acceptors (Lipinski definition) is 4. The van der Waals surface area contributed by atoms with Crippen molar-refractivity contribution in [1.29, 1.82) is 0 Å². The van der Waals surface area contributed by atoms with E-state index in [4.69, 9.17) is 0 Å². The SMILES string of the molecule is Cc1cc(N(C)C)cc(C)c1NC(=O)Cn1c(C)cc(O)cc1=O. The molecule has 2 rings (SSSR count). The molecule has 0 atom stereocenters. The van der Waals surface area contributed by atoms with E-state index in [2.05, 4.69) is 5.32 Å². The molecule has 24 heavy (non-hydrogen) atoms. The predicted molar refractivity (Wildman–Crippen MR) is 96.0 cm³/mol. The quantitative estimate of drug-likeness (QED) is 0.902. The number of aryl methyl sites for hydroxylation is 3. The third kappa shape index (κ3) is 3.76. The number of aromatic hydroxyl groups is 1. The summed E-state index contributed by atoms with van der Waals surface area (Å²) < 4.78 is 1.33. The van der Waals surface area contributed by atoms with Crippen molar-refractivity contribution < 1.29 is 9.90 Å². The summed E-state index contributed by atoms with van der Waals surface area (Å²) in [6.07, 6.45) is 0. The van der Waals surface area contributed by atoms with Gasteiger partial charge in [-0.3, -0.25) is 9.59 Å². The van der Waals surface area contributed by atoms with E-state index in [1.54, 1.807) is 6.92 Å². The van der Waals surface area contributed by atoms with Gasteiger partial charge in [-0.1, -0.05) is 0 Å². The number of hydrogen-bond donors (Lipinski definition) is 2. The second-order valence-corrected chi connectivity index (χ2v) is 6.18. The third-order valence-corrected chi connectivity index (χ3v) is 3.92. The van der Waals surface area contributed by atoms with Crippen molar-refractivity contribution in [2.45, 2.75) is 27.3 Å². The fourth-order valence-corrected chi connectivity index (χ4v) is 2.63. The Bertz CT molecular complexity index is 815. The molecule has 1 amide bonds. The van der Waals surface area contributed by atoms with Crippen LogP contribution >= 0.6 is 0 Å². The van der Waals surface area contributed by atoms with E-state index in [-0.39, 0.29) is 18.2 Å². The highest BCUT2D eigenvalue weighted by Gasteiger charge is 2.12. The van der Waals surface area contributed by atoms with Gasteiger partial charge in [0.25, 0.3) is 5.56 Å². The smallest absolute Gasteiger partial charge is 0.254 e. The van der Waals surface area contributed by atoms with E-state index in [1.165, 1.54) is 10.6 Å². The van der Waals surface area contributed by atoms with Gasteiger partial charge in [-0.15, -0.1) is 0 Å². The summed E-state index contributed by atoms with van der Waals surface area (Å²) in [7, 11) is 3.93. The first kappa shape index (κ1) is 17.6. The van der Waals surface area contributed by atoms with E-state index >= 15 is 0 Å². The van der Waals surface area contributed by atoms with Crippen LogP contribution in [0.1, 0.15) is 16.8 Å². The van der Waals surface area contributed by atoms with Gasteiger partial charge in [-0.25, -0.2) is 0 Å². The lowest BCUT2D eigenvalue weighted by Crippen LogP contribution is -2.29. The topological polar surface area (TPSA) is 74.6 Å². The lowest BCUT2D eigenvalue weighted by atomic mass is 10.1. The van der Waals surface area contributed by atoms with Gasteiger partial charge >= 0.3 is 0 Å². The number of anilines is 2. The van der Waals surface area contributed by atoms with Crippen LogP contribution in [-0.4, -0.2) is 29.7 Å². The summed E-state index contributed by atoms with van der Waals surface area (Å²) in [5, 5.41) is 12.3. The summed E-state index contributed by atoms with van der Waals surface area (Å²) >= 11 is 0. The number of nitrogens with one attached hydrogen (secondary N) is 1. The van der Waals surface area contributed by atoms with Gasteiger partial charge in [0, 0.05) is 37.2 Å². The van der Waals surface area contributed by atoms with Crippen molar-refractivity contribution in [1.82, 2.24) is 4.57 Å². The second kappa shape index (κ2) is 6.78. The van der Waals surface area contributed by atoms with Crippen molar-refractivity contribution in [3.63, 3.8) is 0 Å². The van der Waals surface area contributed by atoms with Gasteiger partial charge in [0.05, 0.1) is 0 Å². The Balaban J connectivity index is 2.24. The van der Waals surface area contributed by atoms with Crippen LogP contribution in [0, 0.1) is 20.8 Å². The fourth-order valence-electron chi connectivity index (χ4n) is 2.63. The third-order valence-electron chi connectivity index (χ3n) is 3.92. The van der Waals surface area contributed by atoms with Crippen LogP contribution < -0.4 is 15.8 Å². The molecule has 0 aliphatic rings. The number of pyridine rings is 1. The Kier molecular flexibility index (Phi) is 4.97. The molecular weight excluding hydrogens is 306 g/mol. The molecule has 0 saturated carbocycles. The van der Waals surface area contributed by atoms with Gasteiger partial charge in [-0.05, 0) is 50.1 Å². The lowest BCUT2D eigenvalue weighted by molar-refractivity contribution is -0.116. The zero-order chi connectivity index (χ0) is 18.0. The fraction of sp³-hybridized carbons (Fsp3) is 0.333. The number of benzene rings is 1. The van der Waals surface area contributed by atoms with Crippen molar-refractivity contribution in [2.75, 3.05) is 24.3 Å². The average Bonchev–Trinajstić information content (AvgIpc) is 2.46. The minimum Gasteiger partial charge on any atom is -0.508 e. The normalized spacial score (nSPS) is 10.5. The molecule has 0 radical (unpaired) electrons. The molecule has 0 spiro atoms. The molecule has 2 N–H and O–H groups in total. The van der Waals surface area contributed by atoms with Crippen molar-refractivity contribution in [3.05, 3.63) is 51.4 Å². The largest absolute Gasteiger partial charge is 0.508 e. The summed E-state index contributed by atoms with van der Waals surface area (Å²) in [6.45, 7) is 5.46. The zero-order valence-electron chi connectivity index (χ0n) is 14.7. The lowest BCUT2D eigenvalue weighted by Gasteiger charge is -2.18. The standard InChI is InChI=1S/C18H23N3O3/c1-11-6-14(20(4)5)7-12(2)18(11)19-16(23)10-21-13(3)8-15(22)9-17(21)24/h6-9,22H,10H2,1-5H3,(H,19,23). The van der Waals surface area contributed by atoms with Gasteiger partial charge in [0.15, 0.2) is 0 Å². The predicted octanol–water partition coefficient (Wildman–Crippen LogP) is 2.18. The minimum absolute atomic E-state index is 0.0971. The number of carbonyl (C=O) groups excluding carboxylic acids is 1. The first-order valence-electron chi connectivity index (χ1n) is 7.68. The first-order chi connectivity index (χ1) is 11.2. The first-order valence-corrected chi connectivity index (χ1v) is 7.68. The highest BCUT2D eigenvalue weighted by molar-refractivity contribution is 5.92. The summed E-state index contributed by atoms with van der Waals surface area (Å²) in [5.74, 6) is -0.380. The van der Waals surface area contributed by atoms with Crippen LogP contribution in [0.5, 0.6) is 5.75 Å². The molecule has 1 aromatic heterocycles. The van der Waals surface area contributed by atoms with Crippen LogP contribution in [0.4, 0.5) is 11.4 Å². The Morgan fingerprint density at radius 1 is 1.12 bits per heavy atom. The Hall–Kier alpha value is -2.76. The van der Waals surface area contributed by atoms with E-state index in [0.29, 0.717) is 5.69 Å². The van der Waals surface area contributed by atoms with Crippen LogP contribution in [0.25, 0.3) is 0 Å². The Morgan fingerprint density at radius 3 is 2.21 bits per heavy atom. The summed E-state index contributed by atoms with van der Waals surface area (Å²) in [4.78, 5) is 26.3. The van der Waals surface area contributed by atoms with E-state index in [9.17, 15) is 14.7 Å². The highest BCUT2D eigenvalue weighted by Crippen LogP contribution is 2.26. The molecule has 1 heterocycles. The number of aromatic nitrogens is 1. The molecule has 6 heteroatoms. The molecule has 0 aliphatic carbocycles. The van der Waals surface area contributed by atoms with E-state index in [0.717, 1.165) is 28.6 Å². The van der Waals surface area contributed by atoms with E-state index < -0.39 is 5.56 Å². The molecule has 0 saturated heterocycles. The van der Waals surface area contributed by atoms with Crippen molar-refractivity contribution in [2.24, 2.45) is 0 Å². The van der Waals surface area contributed by atoms with Crippen LogP contribution in [-0.2, 0) is 11.3 Å². The maximum Gasteiger partial charge on any atom is 0.254 e. The molecule has 6 nitrogen and oxygen atoms in total. The molecular formula is C18H23N3O3. The number of carbonyl (C=O) groups is 1. The minimum atomic E-state index is -0.404. The van der Waals surface area contributed by atoms with Gasteiger partial charge in [0.2, 0.25) is 5.91 Å². The molecule has 0 aliphatic heterocycles. The number of amides is 1. The van der Waals surface area contributed by atoms with Crippen molar-refractivity contribution >= 4 is 17.3 Å². The molecule has 1 aromatic carbocycles. The van der Waals surface area contributed by atoms with Crippen molar-refractivity contribution in [3.8, 4) is 5.75 Å². The molecule has 128 valence electrons. The highest BCUT2D eigenvalue weighted by atomic mass is 16.3. The maximum absolute atomic E-state index is 12.4. The molecule has 0 unspecified atom stereocenters. The number of nitrogens with zero attached hydrogens (tertiary/aromatic N) is 2.